The van der Waals surface area contributed by atoms with E-state index in [9.17, 15) is 21.6 Å². The molecule has 0 N–H and O–H groups in total. The Morgan fingerprint density at radius 3 is 1.67 bits per heavy atom. The highest BCUT2D eigenvalue weighted by Crippen LogP contribution is 2.62. The molecule has 0 aromatic rings. The van der Waals surface area contributed by atoms with Crippen LogP contribution in [0, 0.1) is 17.8 Å². The van der Waals surface area contributed by atoms with Gasteiger partial charge in [0.05, 0.1) is 0 Å². The van der Waals surface area contributed by atoms with Crippen LogP contribution in [0.2, 0.25) is 0 Å². The molecule has 4 bridgehead atoms. The van der Waals surface area contributed by atoms with Gasteiger partial charge in [0.1, 0.15) is 0 Å². The van der Waals surface area contributed by atoms with Gasteiger partial charge in [-0.3, -0.25) is 0 Å². The summed E-state index contributed by atoms with van der Waals surface area (Å²) in [5, 5.41) is 0. The Labute approximate surface area is 108 Å². The summed E-state index contributed by atoms with van der Waals surface area (Å²) in [7, 11) is -4.83. The monoisotopic (exact) mass is 300 g/mol. The van der Waals surface area contributed by atoms with E-state index in [0.717, 1.165) is 19.3 Å². The highest BCUT2D eigenvalue weighted by atomic mass is 33.1. The Morgan fingerprint density at radius 2 is 1.33 bits per heavy atom. The van der Waals surface area contributed by atoms with Crippen LogP contribution in [-0.4, -0.2) is 18.7 Å². The number of halogens is 3. The molecule has 0 saturated heterocycles. The van der Waals surface area contributed by atoms with Crippen LogP contribution in [0.4, 0.5) is 13.2 Å². The fourth-order valence-corrected chi connectivity index (χ4v) is 8.18. The summed E-state index contributed by atoms with van der Waals surface area (Å²) in [6.07, 6.45) is 5.22. The van der Waals surface area contributed by atoms with Gasteiger partial charge in [-0.15, -0.1) is 0 Å². The molecule has 4 fully saturated rings. The average Bonchev–Trinajstić information content (AvgIpc) is 2.10. The van der Waals surface area contributed by atoms with Crippen LogP contribution in [0.25, 0.3) is 0 Å². The van der Waals surface area contributed by atoms with Gasteiger partial charge in [0.2, 0.25) is 0 Å². The molecule has 7 heteroatoms. The number of rotatable bonds is 2. The summed E-state index contributed by atoms with van der Waals surface area (Å²) < 4.78 is 59.6. The van der Waals surface area contributed by atoms with Crippen molar-refractivity contribution in [2.45, 2.75) is 48.8 Å². The Balaban J connectivity index is 1.85. The first-order valence-corrected chi connectivity index (χ1v) is 9.03. The summed E-state index contributed by atoms with van der Waals surface area (Å²) in [6, 6.07) is 0. The second-order valence-corrected chi connectivity index (χ2v) is 10.3. The molecule has 4 aliphatic carbocycles. The second-order valence-electron chi connectivity index (χ2n) is 6.08. The lowest BCUT2D eigenvalue weighted by molar-refractivity contribution is -0.0412. The molecular weight excluding hydrogens is 285 g/mol. The summed E-state index contributed by atoms with van der Waals surface area (Å²) >= 11 is 0. The Morgan fingerprint density at radius 1 is 0.944 bits per heavy atom. The standard InChI is InChI=1S/C11H15F3O2S2/c12-11(13,14)18(15,16)17-10-4-7-1-8(5-10)3-9(2-7)6-10/h7-9H,1-6H2. The highest BCUT2D eigenvalue weighted by molar-refractivity contribution is 8.72. The van der Waals surface area contributed by atoms with E-state index in [1.165, 1.54) is 0 Å². The second kappa shape index (κ2) is 3.81. The summed E-state index contributed by atoms with van der Waals surface area (Å²) in [5.74, 6) is 1.35. The van der Waals surface area contributed by atoms with E-state index in [1.54, 1.807) is 0 Å². The van der Waals surface area contributed by atoms with E-state index in [-0.39, 0.29) is 10.8 Å². The molecule has 0 atom stereocenters. The van der Waals surface area contributed by atoms with Gasteiger partial charge in [0.25, 0.3) is 0 Å². The lowest BCUT2D eigenvalue weighted by Gasteiger charge is -2.55. The van der Waals surface area contributed by atoms with Gasteiger partial charge in [-0.05, 0) is 67.1 Å². The fraction of sp³-hybridized carbons (Fsp3) is 1.00. The third-order valence-electron chi connectivity index (χ3n) is 4.55. The van der Waals surface area contributed by atoms with E-state index < -0.39 is 19.1 Å². The van der Waals surface area contributed by atoms with E-state index in [4.69, 9.17) is 0 Å². The van der Waals surface area contributed by atoms with E-state index in [2.05, 4.69) is 0 Å². The van der Waals surface area contributed by atoms with Crippen molar-refractivity contribution in [3.63, 3.8) is 0 Å². The highest BCUT2D eigenvalue weighted by Gasteiger charge is 2.57. The normalized spacial score (nSPS) is 43.4. The molecule has 18 heavy (non-hydrogen) atoms. The van der Waals surface area contributed by atoms with Gasteiger partial charge in [-0.25, -0.2) is 8.42 Å². The fourth-order valence-electron chi connectivity index (χ4n) is 4.41. The van der Waals surface area contributed by atoms with Crippen molar-refractivity contribution in [3.8, 4) is 0 Å². The van der Waals surface area contributed by atoms with E-state index in [1.807, 2.05) is 0 Å². The average molecular weight is 300 g/mol. The maximum Gasteiger partial charge on any atom is 0.507 e. The van der Waals surface area contributed by atoms with Crippen LogP contribution in [0.15, 0.2) is 0 Å². The lowest BCUT2D eigenvalue weighted by Crippen LogP contribution is -2.49. The van der Waals surface area contributed by atoms with Crippen molar-refractivity contribution in [1.82, 2.24) is 0 Å². The molecule has 0 unspecified atom stereocenters. The van der Waals surface area contributed by atoms with Gasteiger partial charge in [0.15, 0.2) is 0 Å². The number of hydrogen-bond acceptors (Lipinski definition) is 3. The van der Waals surface area contributed by atoms with Gasteiger partial charge in [-0.2, -0.15) is 13.2 Å². The molecule has 0 spiro atoms. The van der Waals surface area contributed by atoms with Crippen molar-refractivity contribution >= 4 is 19.7 Å². The molecule has 2 nitrogen and oxygen atoms in total. The molecule has 0 aliphatic heterocycles. The first-order valence-electron chi connectivity index (χ1n) is 6.21. The van der Waals surface area contributed by atoms with Crippen LogP contribution in [-0.2, 0) is 8.87 Å². The molecule has 4 rings (SSSR count). The maximum atomic E-state index is 12.5. The Bertz CT molecular complexity index is 420. The zero-order chi connectivity index (χ0) is 13.2. The Kier molecular flexibility index (Phi) is 2.77. The number of alkyl halides is 3. The smallest absolute Gasteiger partial charge is 0.208 e. The zero-order valence-corrected chi connectivity index (χ0v) is 11.4. The molecule has 0 aromatic carbocycles. The predicted octanol–water partition coefficient (Wildman–Crippen LogP) is 3.54. The summed E-state index contributed by atoms with van der Waals surface area (Å²) in [6.45, 7) is 0. The van der Waals surface area contributed by atoms with Gasteiger partial charge >= 0.3 is 14.4 Å². The van der Waals surface area contributed by atoms with Crippen molar-refractivity contribution in [2.75, 3.05) is 0 Å². The molecule has 4 saturated carbocycles. The van der Waals surface area contributed by atoms with Crippen LogP contribution in [0.5, 0.6) is 0 Å². The van der Waals surface area contributed by atoms with Crippen molar-refractivity contribution in [2.24, 2.45) is 17.8 Å². The maximum absolute atomic E-state index is 12.5. The summed E-state index contributed by atoms with van der Waals surface area (Å²) in [4.78, 5) is 0. The molecular formula is C11H15F3O2S2. The molecule has 0 amide bonds. The van der Waals surface area contributed by atoms with Crippen LogP contribution < -0.4 is 0 Å². The lowest BCUT2D eigenvalue weighted by atomic mass is 9.56. The minimum absolute atomic E-state index is 0.214. The van der Waals surface area contributed by atoms with Crippen molar-refractivity contribution in [3.05, 3.63) is 0 Å². The predicted molar refractivity (Wildman–Crippen MR) is 63.5 cm³/mol. The first kappa shape index (κ1) is 13.1. The molecule has 104 valence electrons. The topological polar surface area (TPSA) is 34.1 Å². The minimum Gasteiger partial charge on any atom is -0.208 e. The Hall–Kier alpha value is 0.0900. The largest absolute Gasteiger partial charge is 0.507 e. The van der Waals surface area contributed by atoms with Gasteiger partial charge < -0.3 is 0 Å². The van der Waals surface area contributed by atoms with Gasteiger partial charge in [-0.1, -0.05) is 0 Å². The van der Waals surface area contributed by atoms with Crippen LogP contribution >= 0.6 is 10.8 Å². The zero-order valence-electron chi connectivity index (χ0n) is 9.74. The molecule has 4 aliphatic rings. The van der Waals surface area contributed by atoms with Gasteiger partial charge in [0, 0.05) is 4.75 Å². The van der Waals surface area contributed by atoms with Crippen molar-refractivity contribution in [1.29, 1.82) is 0 Å². The minimum atomic E-state index is -5.12. The third kappa shape index (κ3) is 2.07. The molecule has 0 heterocycles. The third-order valence-corrected chi connectivity index (χ3v) is 8.48. The SMILES string of the molecule is O=S(=O)(SC12CC3CC(CC(C3)C1)C2)C(F)(F)F. The van der Waals surface area contributed by atoms with Crippen LogP contribution in [0.3, 0.4) is 0 Å². The quantitative estimate of drug-likeness (QED) is 0.732. The first-order chi connectivity index (χ1) is 8.19. The summed E-state index contributed by atoms with van der Waals surface area (Å²) in [5.41, 5.74) is -5.12. The van der Waals surface area contributed by atoms with E-state index >= 15 is 0 Å². The molecule has 0 aromatic heterocycles. The number of hydrogen-bond donors (Lipinski definition) is 0. The van der Waals surface area contributed by atoms with E-state index in [0.29, 0.717) is 37.0 Å². The molecule has 0 radical (unpaired) electrons. The van der Waals surface area contributed by atoms with Crippen molar-refractivity contribution < 1.29 is 21.6 Å². The van der Waals surface area contributed by atoms with Crippen LogP contribution in [0.1, 0.15) is 38.5 Å².